The molecule has 0 radical (unpaired) electrons. The first-order chi connectivity index (χ1) is 11.3. The second-order valence-corrected chi connectivity index (χ2v) is 7.80. The van der Waals surface area contributed by atoms with Crippen molar-refractivity contribution >= 4 is 12.0 Å². The van der Waals surface area contributed by atoms with Gasteiger partial charge in [0.2, 0.25) is 5.91 Å². The van der Waals surface area contributed by atoms with Gasteiger partial charge in [0.15, 0.2) is 0 Å². The minimum Gasteiger partial charge on any atom is -0.444 e. The fraction of sp³-hybridized carbons (Fsp3) is 0.579. The standard InChI is InChI=1S/C19H26N2O3/c1-18(2,3)24-17(23)21-11-9-19(10-12-21)15(13-20-16(19)22)14-7-5-4-6-8-14/h4-8,15H,9-13H2,1-3H3,(H,20,22)/t15-/m0/s1. The van der Waals surface area contributed by atoms with E-state index in [0.717, 1.165) is 0 Å². The van der Waals surface area contributed by atoms with Crippen molar-refractivity contribution in [3.63, 3.8) is 0 Å². The van der Waals surface area contributed by atoms with Crippen molar-refractivity contribution in [2.75, 3.05) is 19.6 Å². The molecule has 5 heteroatoms. The van der Waals surface area contributed by atoms with Crippen LogP contribution in [0.3, 0.4) is 0 Å². The number of piperidine rings is 1. The molecule has 130 valence electrons. The van der Waals surface area contributed by atoms with E-state index in [-0.39, 0.29) is 17.9 Å². The van der Waals surface area contributed by atoms with Gasteiger partial charge in [0.1, 0.15) is 5.60 Å². The van der Waals surface area contributed by atoms with Crippen LogP contribution in [0.1, 0.15) is 45.1 Å². The first-order valence-electron chi connectivity index (χ1n) is 8.63. The van der Waals surface area contributed by atoms with E-state index < -0.39 is 11.0 Å². The molecule has 0 unspecified atom stereocenters. The smallest absolute Gasteiger partial charge is 0.410 e. The van der Waals surface area contributed by atoms with Crippen molar-refractivity contribution in [2.24, 2.45) is 5.41 Å². The summed E-state index contributed by atoms with van der Waals surface area (Å²) in [5.74, 6) is 0.298. The normalized spacial score (nSPS) is 23.2. The van der Waals surface area contributed by atoms with Gasteiger partial charge in [-0.05, 0) is 39.2 Å². The molecule has 2 heterocycles. The molecule has 1 atom stereocenters. The number of carbonyl (C=O) groups is 2. The number of ether oxygens (including phenoxy) is 1. The minimum atomic E-state index is -0.497. The molecule has 3 rings (SSSR count). The molecular weight excluding hydrogens is 304 g/mol. The van der Waals surface area contributed by atoms with Crippen LogP contribution in [-0.2, 0) is 9.53 Å². The summed E-state index contributed by atoms with van der Waals surface area (Å²) in [6.45, 7) is 7.40. The summed E-state index contributed by atoms with van der Waals surface area (Å²) in [6.07, 6.45) is 1.07. The Bertz CT molecular complexity index is 613. The van der Waals surface area contributed by atoms with Gasteiger partial charge in [-0.1, -0.05) is 30.3 Å². The number of carbonyl (C=O) groups excluding carboxylic acids is 2. The van der Waals surface area contributed by atoms with Gasteiger partial charge in [-0.2, -0.15) is 0 Å². The molecule has 2 aliphatic heterocycles. The number of nitrogens with one attached hydrogen (secondary N) is 1. The fourth-order valence-electron chi connectivity index (χ4n) is 3.84. The summed E-state index contributed by atoms with van der Waals surface area (Å²) >= 11 is 0. The Balaban J connectivity index is 1.73. The van der Waals surface area contributed by atoms with E-state index in [1.807, 2.05) is 39.0 Å². The Hall–Kier alpha value is -2.04. The second kappa shape index (κ2) is 6.11. The predicted octanol–water partition coefficient (Wildman–Crippen LogP) is 2.92. The lowest BCUT2D eigenvalue weighted by Gasteiger charge is -2.41. The lowest BCUT2D eigenvalue weighted by molar-refractivity contribution is -0.130. The topological polar surface area (TPSA) is 58.6 Å². The van der Waals surface area contributed by atoms with E-state index in [9.17, 15) is 9.59 Å². The number of amides is 2. The highest BCUT2D eigenvalue weighted by atomic mass is 16.6. The summed E-state index contributed by atoms with van der Waals surface area (Å²) < 4.78 is 5.45. The van der Waals surface area contributed by atoms with E-state index >= 15 is 0 Å². The molecule has 2 fully saturated rings. The maximum absolute atomic E-state index is 12.6. The molecule has 1 aromatic rings. The number of likely N-dealkylation sites (tertiary alicyclic amines) is 1. The highest BCUT2D eigenvalue weighted by Gasteiger charge is 2.52. The van der Waals surface area contributed by atoms with Crippen LogP contribution in [0.2, 0.25) is 0 Å². The maximum Gasteiger partial charge on any atom is 0.410 e. The summed E-state index contributed by atoms with van der Waals surface area (Å²) in [7, 11) is 0. The number of hydrogen-bond acceptors (Lipinski definition) is 3. The number of nitrogens with zero attached hydrogens (tertiary/aromatic N) is 1. The SMILES string of the molecule is CC(C)(C)OC(=O)N1CCC2(CC1)C(=O)NC[C@H]2c1ccccc1. The highest BCUT2D eigenvalue weighted by molar-refractivity contribution is 5.87. The lowest BCUT2D eigenvalue weighted by atomic mass is 9.68. The van der Waals surface area contributed by atoms with Crippen LogP contribution in [0.4, 0.5) is 4.79 Å². The first-order valence-corrected chi connectivity index (χ1v) is 8.63. The van der Waals surface area contributed by atoms with Crippen LogP contribution in [-0.4, -0.2) is 42.1 Å². The summed E-state index contributed by atoms with van der Waals surface area (Å²) in [6, 6.07) is 10.2. The molecule has 0 aromatic heterocycles. The molecule has 0 aliphatic carbocycles. The average molecular weight is 330 g/mol. The molecule has 2 amide bonds. The zero-order valence-electron chi connectivity index (χ0n) is 14.7. The quantitative estimate of drug-likeness (QED) is 0.861. The molecule has 1 aromatic carbocycles. The van der Waals surface area contributed by atoms with Crippen molar-refractivity contribution in [3.05, 3.63) is 35.9 Å². The Morgan fingerprint density at radius 3 is 2.42 bits per heavy atom. The maximum atomic E-state index is 12.6. The molecule has 0 bridgehead atoms. The Kier molecular flexibility index (Phi) is 4.28. The van der Waals surface area contributed by atoms with Gasteiger partial charge < -0.3 is 15.0 Å². The van der Waals surface area contributed by atoms with E-state index in [0.29, 0.717) is 32.5 Å². The van der Waals surface area contributed by atoms with Gasteiger partial charge in [0, 0.05) is 25.6 Å². The lowest BCUT2D eigenvalue weighted by Crippen LogP contribution is -2.49. The Morgan fingerprint density at radius 1 is 1.21 bits per heavy atom. The molecule has 24 heavy (non-hydrogen) atoms. The molecule has 0 saturated carbocycles. The van der Waals surface area contributed by atoms with Crippen LogP contribution in [0.5, 0.6) is 0 Å². The zero-order valence-corrected chi connectivity index (χ0v) is 14.7. The van der Waals surface area contributed by atoms with Crippen molar-refractivity contribution in [1.82, 2.24) is 10.2 Å². The van der Waals surface area contributed by atoms with Crippen LogP contribution in [0, 0.1) is 5.41 Å². The third-order valence-corrected chi connectivity index (χ3v) is 5.10. The van der Waals surface area contributed by atoms with E-state index in [1.54, 1.807) is 4.90 Å². The molecule has 2 aliphatic rings. The van der Waals surface area contributed by atoms with Gasteiger partial charge in [0.25, 0.3) is 0 Å². The van der Waals surface area contributed by atoms with E-state index in [2.05, 4.69) is 17.4 Å². The molecule has 5 nitrogen and oxygen atoms in total. The van der Waals surface area contributed by atoms with Crippen molar-refractivity contribution in [2.45, 2.75) is 45.1 Å². The minimum absolute atomic E-state index is 0.125. The highest BCUT2D eigenvalue weighted by Crippen LogP contribution is 2.47. The van der Waals surface area contributed by atoms with Crippen molar-refractivity contribution in [3.8, 4) is 0 Å². The Morgan fingerprint density at radius 2 is 1.83 bits per heavy atom. The monoisotopic (exact) mass is 330 g/mol. The molecule has 1 N–H and O–H groups in total. The Labute approximate surface area is 143 Å². The number of rotatable bonds is 1. The van der Waals surface area contributed by atoms with Gasteiger partial charge in [-0.25, -0.2) is 4.79 Å². The van der Waals surface area contributed by atoms with Crippen molar-refractivity contribution < 1.29 is 14.3 Å². The molecular formula is C19H26N2O3. The molecule has 1 spiro atoms. The number of benzene rings is 1. The van der Waals surface area contributed by atoms with Crippen molar-refractivity contribution in [1.29, 1.82) is 0 Å². The van der Waals surface area contributed by atoms with E-state index in [1.165, 1.54) is 5.56 Å². The van der Waals surface area contributed by atoms with Crippen LogP contribution in [0.15, 0.2) is 30.3 Å². The summed E-state index contributed by atoms with van der Waals surface area (Å²) in [5, 5.41) is 3.04. The fourth-order valence-corrected chi connectivity index (χ4v) is 3.84. The number of hydrogen-bond donors (Lipinski definition) is 1. The third kappa shape index (κ3) is 3.12. The first kappa shape index (κ1) is 16.8. The summed E-state index contributed by atoms with van der Waals surface area (Å²) in [5.41, 5.74) is 0.296. The van der Waals surface area contributed by atoms with Crippen LogP contribution in [0.25, 0.3) is 0 Å². The molecule has 2 saturated heterocycles. The van der Waals surface area contributed by atoms with Crippen LogP contribution < -0.4 is 5.32 Å². The van der Waals surface area contributed by atoms with Gasteiger partial charge >= 0.3 is 6.09 Å². The van der Waals surface area contributed by atoms with E-state index in [4.69, 9.17) is 4.74 Å². The third-order valence-electron chi connectivity index (χ3n) is 5.10. The summed E-state index contributed by atoms with van der Waals surface area (Å²) in [4.78, 5) is 26.6. The second-order valence-electron chi connectivity index (χ2n) is 7.80. The van der Waals surface area contributed by atoms with Gasteiger partial charge in [-0.3, -0.25) is 4.79 Å². The largest absolute Gasteiger partial charge is 0.444 e. The van der Waals surface area contributed by atoms with Gasteiger partial charge in [-0.15, -0.1) is 0 Å². The van der Waals surface area contributed by atoms with Crippen LogP contribution >= 0.6 is 0 Å². The van der Waals surface area contributed by atoms with Gasteiger partial charge in [0.05, 0.1) is 5.41 Å². The average Bonchev–Trinajstić information content (AvgIpc) is 2.84. The predicted molar refractivity (Wildman–Crippen MR) is 91.7 cm³/mol. The zero-order chi connectivity index (χ0) is 17.4.